The molecule has 0 amide bonds. The summed E-state index contributed by atoms with van der Waals surface area (Å²) in [5.41, 5.74) is 0.964. The third-order valence-electron chi connectivity index (χ3n) is 1.70. The van der Waals surface area contributed by atoms with E-state index in [0.29, 0.717) is 5.92 Å². The van der Waals surface area contributed by atoms with Crippen LogP contribution in [0, 0.1) is 5.92 Å². The molecule has 0 aliphatic heterocycles. The number of hydrogen-bond donors (Lipinski definition) is 0. The largest absolute Gasteiger partial charge is 0.262 e. The summed E-state index contributed by atoms with van der Waals surface area (Å²) in [5.74, 6) is 0.497. The summed E-state index contributed by atoms with van der Waals surface area (Å²) in [4.78, 5) is 4.18. The minimum atomic E-state index is 0.497. The smallest absolute Gasteiger partial charge is 0.0359 e. The van der Waals surface area contributed by atoms with Crippen LogP contribution in [0.3, 0.4) is 0 Å². The molecule has 1 heteroatoms. The van der Waals surface area contributed by atoms with Gasteiger partial charge in [-0.3, -0.25) is 4.99 Å². The summed E-state index contributed by atoms with van der Waals surface area (Å²) in [6, 6.07) is 0. The fourth-order valence-corrected chi connectivity index (χ4v) is 0.588. The van der Waals surface area contributed by atoms with Gasteiger partial charge in [0.15, 0.2) is 0 Å². The first-order valence-corrected chi connectivity index (χ1v) is 4.06. The van der Waals surface area contributed by atoms with Crippen molar-refractivity contribution in [1.82, 2.24) is 0 Å². The average molecular weight is 151 g/mol. The zero-order valence-corrected chi connectivity index (χ0v) is 7.67. The first kappa shape index (κ1) is 10.2. The van der Waals surface area contributed by atoms with Crippen LogP contribution >= 0.6 is 0 Å². The Morgan fingerprint density at radius 3 is 2.73 bits per heavy atom. The Hall–Kier alpha value is -0.850. The van der Waals surface area contributed by atoms with E-state index < -0.39 is 0 Å². The third kappa shape index (κ3) is 4.54. The number of hydrogen-bond acceptors (Lipinski definition) is 1. The summed E-state index contributed by atoms with van der Waals surface area (Å²) in [6.45, 7) is 10.1. The minimum Gasteiger partial charge on any atom is -0.262 e. The van der Waals surface area contributed by atoms with Gasteiger partial charge in [-0.15, -0.1) is 0 Å². The van der Waals surface area contributed by atoms with E-state index in [1.807, 2.05) is 19.1 Å². The topological polar surface area (TPSA) is 12.4 Å². The van der Waals surface area contributed by atoms with Crippen molar-refractivity contribution in [3.63, 3.8) is 0 Å². The lowest BCUT2D eigenvalue weighted by atomic mass is 10.1. The maximum atomic E-state index is 4.18. The van der Waals surface area contributed by atoms with E-state index in [1.54, 1.807) is 6.21 Å². The van der Waals surface area contributed by atoms with Gasteiger partial charge < -0.3 is 0 Å². The summed E-state index contributed by atoms with van der Waals surface area (Å²) < 4.78 is 0. The molecule has 0 saturated heterocycles. The van der Waals surface area contributed by atoms with Crippen LogP contribution < -0.4 is 0 Å². The van der Waals surface area contributed by atoms with Crippen LogP contribution in [0.5, 0.6) is 0 Å². The molecular formula is C10H17N. The predicted molar refractivity (Wildman–Crippen MR) is 51.9 cm³/mol. The van der Waals surface area contributed by atoms with Crippen molar-refractivity contribution in [2.24, 2.45) is 10.9 Å². The van der Waals surface area contributed by atoms with Crippen LogP contribution in [0.1, 0.15) is 27.2 Å². The van der Waals surface area contributed by atoms with Gasteiger partial charge in [0, 0.05) is 11.9 Å². The Bertz CT molecular complexity index is 166. The molecule has 1 unspecified atom stereocenters. The van der Waals surface area contributed by atoms with Gasteiger partial charge in [0.25, 0.3) is 0 Å². The van der Waals surface area contributed by atoms with E-state index in [1.165, 1.54) is 0 Å². The van der Waals surface area contributed by atoms with Crippen molar-refractivity contribution < 1.29 is 0 Å². The molecule has 0 N–H and O–H groups in total. The van der Waals surface area contributed by atoms with E-state index >= 15 is 0 Å². The summed E-state index contributed by atoms with van der Waals surface area (Å²) in [6.07, 6.45) is 6.75. The second-order valence-electron chi connectivity index (χ2n) is 2.60. The fraction of sp³-hybridized carbons (Fsp3) is 0.500. The summed E-state index contributed by atoms with van der Waals surface area (Å²) in [5, 5.41) is 0. The Labute approximate surface area is 69.5 Å². The van der Waals surface area contributed by atoms with Crippen molar-refractivity contribution in [3.05, 3.63) is 24.4 Å². The van der Waals surface area contributed by atoms with E-state index in [4.69, 9.17) is 0 Å². The van der Waals surface area contributed by atoms with Gasteiger partial charge in [0.2, 0.25) is 0 Å². The lowest BCUT2D eigenvalue weighted by Gasteiger charge is -2.05. The van der Waals surface area contributed by atoms with Gasteiger partial charge in [-0.05, 0) is 25.3 Å². The molecule has 0 rings (SSSR count). The van der Waals surface area contributed by atoms with E-state index in [0.717, 1.165) is 12.1 Å². The lowest BCUT2D eigenvalue weighted by Crippen LogP contribution is -1.92. The molecule has 1 atom stereocenters. The van der Waals surface area contributed by atoms with E-state index in [2.05, 4.69) is 25.4 Å². The first-order valence-electron chi connectivity index (χ1n) is 4.06. The number of nitrogens with zero attached hydrogens (tertiary/aromatic N) is 1. The molecule has 0 aliphatic carbocycles. The summed E-state index contributed by atoms with van der Waals surface area (Å²) >= 11 is 0. The highest BCUT2D eigenvalue weighted by molar-refractivity contribution is 5.71. The molecule has 0 aromatic heterocycles. The van der Waals surface area contributed by atoms with Crippen molar-refractivity contribution in [2.45, 2.75) is 27.2 Å². The number of rotatable bonds is 4. The molecule has 0 heterocycles. The van der Waals surface area contributed by atoms with Crippen molar-refractivity contribution in [2.75, 3.05) is 0 Å². The highest BCUT2D eigenvalue weighted by Gasteiger charge is 1.99. The van der Waals surface area contributed by atoms with Crippen LogP contribution in [-0.4, -0.2) is 6.21 Å². The van der Waals surface area contributed by atoms with Gasteiger partial charge >= 0.3 is 0 Å². The van der Waals surface area contributed by atoms with Gasteiger partial charge in [-0.2, -0.15) is 0 Å². The zero-order chi connectivity index (χ0) is 8.69. The standard InChI is InChI=1S/C10H17N/c1-5-7-8-11-10(4)9(3)6-2/h5,7-9H,4,6H2,1-3H3/b7-5-,11-8-. The highest BCUT2D eigenvalue weighted by atomic mass is 14.7. The molecule has 11 heavy (non-hydrogen) atoms. The Balaban J connectivity index is 3.86. The maximum absolute atomic E-state index is 4.18. The Kier molecular flexibility index (Phi) is 5.44. The van der Waals surface area contributed by atoms with Crippen molar-refractivity contribution in [1.29, 1.82) is 0 Å². The number of allylic oxidation sites excluding steroid dienone is 3. The fourth-order valence-electron chi connectivity index (χ4n) is 0.588. The van der Waals surface area contributed by atoms with Crippen LogP contribution in [0.15, 0.2) is 29.4 Å². The quantitative estimate of drug-likeness (QED) is 0.547. The van der Waals surface area contributed by atoms with Crippen LogP contribution in [0.4, 0.5) is 0 Å². The van der Waals surface area contributed by atoms with Crippen LogP contribution in [0.25, 0.3) is 0 Å². The normalized spacial score (nSPS) is 14.5. The molecular weight excluding hydrogens is 134 g/mol. The van der Waals surface area contributed by atoms with E-state index in [-0.39, 0.29) is 0 Å². The van der Waals surface area contributed by atoms with Gasteiger partial charge in [0.05, 0.1) is 0 Å². The SMILES string of the molecule is C=C(/N=C\C=C/C)C(C)CC. The van der Waals surface area contributed by atoms with Gasteiger partial charge in [-0.1, -0.05) is 26.5 Å². The van der Waals surface area contributed by atoms with Crippen molar-refractivity contribution in [3.8, 4) is 0 Å². The summed E-state index contributed by atoms with van der Waals surface area (Å²) in [7, 11) is 0. The Morgan fingerprint density at radius 1 is 1.64 bits per heavy atom. The minimum absolute atomic E-state index is 0.497. The average Bonchev–Trinajstić information content (AvgIpc) is 2.03. The monoisotopic (exact) mass is 151 g/mol. The molecule has 0 aliphatic rings. The highest BCUT2D eigenvalue weighted by Crippen LogP contribution is 2.11. The van der Waals surface area contributed by atoms with Gasteiger partial charge in [-0.25, -0.2) is 0 Å². The second-order valence-corrected chi connectivity index (χ2v) is 2.60. The first-order chi connectivity index (χ1) is 5.22. The molecule has 1 nitrogen and oxygen atoms in total. The molecule has 0 aromatic carbocycles. The lowest BCUT2D eigenvalue weighted by molar-refractivity contribution is 0.652. The van der Waals surface area contributed by atoms with Crippen molar-refractivity contribution >= 4 is 6.21 Å². The molecule has 0 saturated carbocycles. The maximum Gasteiger partial charge on any atom is 0.0359 e. The number of aliphatic imine (C=N–C) groups is 1. The molecule has 0 spiro atoms. The predicted octanol–water partition coefficient (Wildman–Crippen LogP) is 3.19. The zero-order valence-electron chi connectivity index (χ0n) is 7.67. The molecule has 0 fully saturated rings. The molecule has 0 aromatic rings. The molecule has 0 bridgehead atoms. The van der Waals surface area contributed by atoms with E-state index in [9.17, 15) is 0 Å². The molecule has 62 valence electrons. The third-order valence-corrected chi connectivity index (χ3v) is 1.70. The van der Waals surface area contributed by atoms with Gasteiger partial charge in [0.1, 0.15) is 0 Å². The molecule has 0 radical (unpaired) electrons. The van der Waals surface area contributed by atoms with Crippen LogP contribution in [0.2, 0.25) is 0 Å². The van der Waals surface area contributed by atoms with Crippen LogP contribution in [-0.2, 0) is 0 Å². The second kappa shape index (κ2) is 5.90. The Morgan fingerprint density at radius 2 is 2.27 bits per heavy atom.